The second-order valence-corrected chi connectivity index (χ2v) is 7.02. The lowest BCUT2D eigenvalue weighted by molar-refractivity contribution is 0.122. The molecule has 2 atom stereocenters. The molecule has 3 aromatic carbocycles. The highest BCUT2D eigenvalue weighted by atomic mass is 16.5. The van der Waals surface area contributed by atoms with Crippen molar-refractivity contribution in [1.29, 1.82) is 0 Å². The van der Waals surface area contributed by atoms with Gasteiger partial charge in [-0.3, -0.25) is 4.79 Å². The van der Waals surface area contributed by atoms with Gasteiger partial charge in [-0.05, 0) is 23.9 Å². The third kappa shape index (κ3) is 2.63. The number of fused-ring (bicyclic) bond motifs is 2. The van der Waals surface area contributed by atoms with E-state index in [2.05, 4.69) is 0 Å². The van der Waals surface area contributed by atoms with Gasteiger partial charge >= 0.3 is 0 Å². The maximum Gasteiger partial charge on any atom is 0.220 e. The van der Waals surface area contributed by atoms with Gasteiger partial charge in [-0.25, -0.2) is 0 Å². The molecule has 1 heterocycles. The third-order valence-electron chi connectivity index (χ3n) is 5.11. The lowest BCUT2D eigenvalue weighted by Crippen LogP contribution is -2.24. The number of rotatable bonds is 1. The molecule has 144 valence electrons. The van der Waals surface area contributed by atoms with Gasteiger partial charge in [0.2, 0.25) is 5.43 Å². The van der Waals surface area contributed by atoms with Crippen molar-refractivity contribution >= 4 is 10.8 Å². The molecule has 3 aromatic rings. The molecule has 0 saturated carbocycles. The summed E-state index contributed by atoms with van der Waals surface area (Å²) in [5, 5.41) is 50.7. The number of benzene rings is 2. The summed E-state index contributed by atoms with van der Waals surface area (Å²) in [6.45, 7) is 1.89. The number of hydrogen-bond acceptors (Lipinski definition) is 7. The Hall–Kier alpha value is -3.61. The van der Waals surface area contributed by atoms with Crippen LogP contribution >= 0.6 is 0 Å². The smallest absolute Gasteiger partial charge is 0.220 e. The molecule has 0 aromatic heterocycles. The summed E-state index contributed by atoms with van der Waals surface area (Å²) in [6.07, 6.45) is -0.188. The van der Waals surface area contributed by atoms with Crippen LogP contribution in [0.25, 0.3) is 10.8 Å². The van der Waals surface area contributed by atoms with Gasteiger partial charge in [0.15, 0.2) is 17.2 Å². The number of phenolic OH excluding ortho intramolecular Hbond substituents is 4. The Bertz CT molecular complexity index is 1170. The Labute approximate surface area is 159 Å². The second-order valence-electron chi connectivity index (χ2n) is 7.02. The SMILES string of the molecule is C[C@@H]1Cc2c(O)cc(O)cc2O[C@@H]1c1cc(O)c(O)c2c(O)c(=O)cccc12. The highest BCUT2D eigenvalue weighted by Crippen LogP contribution is 2.48. The van der Waals surface area contributed by atoms with E-state index < -0.39 is 28.8 Å². The minimum atomic E-state index is -0.695. The van der Waals surface area contributed by atoms with Gasteiger partial charge in [0.1, 0.15) is 23.4 Å². The summed E-state index contributed by atoms with van der Waals surface area (Å²) in [5.74, 6) is -1.84. The predicted molar refractivity (Wildman–Crippen MR) is 101 cm³/mol. The molecule has 7 nitrogen and oxygen atoms in total. The quantitative estimate of drug-likeness (QED) is 0.409. The van der Waals surface area contributed by atoms with Gasteiger partial charge in [0, 0.05) is 29.2 Å². The van der Waals surface area contributed by atoms with E-state index in [0.717, 1.165) is 6.07 Å². The van der Waals surface area contributed by atoms with Gasteiger partial charge in [-0.15, -0.1) is 0 Å². The Morgan fingerprint density at radius 1 is 0.964 bits per heavy atom. The Balaban J connectivity index is 1.97. The number of phenols is 4. The van der Waals surface area contributed by atoms with Crippen LogP contribution in [0.4, 0.5) is 0 Å². The monoisotopic (exact) mass is 382 g/mol. The van der Waals surface area contributed by atoms with Crippen LogP contribution in [-0.2, 0) is 6.42 Å². The molecule has 0 bridgehead atoms. The molecule has 7 heteroatoms. The van der Waals surface area contributed by atoms with E-state index in [4.69, 9.17) is 4.74 Å². The molecule has 0 unspecified atom stereocenters. The number of hydrogen-bond donors (Lipinski definition) is 5. The lowest BCUT2D eigenvalue weighted by atomic mass is 9.86. The first-order valence-corrected chi connectivity index (χ1v) is 8.70. The van der Waals surface area contributed by atoms with Crippen LogP contribution in [0, 0.1) is 5.92 Å². The molecular weight excluding hydrogens is 364 g/mol. The minimum Gasteiger partial charge on any atom is -0.508 e. The van der Waals surface area contributed by atoms with Gasteiger partial charge in [0.25, 0.3) is 0 Å². The molecule has 0 amide bonds. The Morgan fingerprint density at radius 3 is 2.46 bits per heavy atom. The van der Waals surface area contributed by atoms with Crippen LogP contribution in [0.1, 0.15) is 24.2 Å². The van der Waals surface area contributed by atoms with E-state index >= 15 is 0 Å². The third-order valence-corrected chi connectivity index (χ3v) is 5.11. The zero-order valence-electron chi connectivity index (χ0n) is 14.9. The Morgan fingerprint density at radius 2 is 1.71 bits per heavy atom. The van der Waals surface area contributed by atoms with Gasteiger partial charge in [0.05, 0.1) is 5.39 Å². The fourth-order valence-corrected chi connectivity index (χ4v) is 3.76. The maximum atomic E-state index is 12.0. The van der Waals surface area contributed by atoms with Crippen LogP contribution in [0.3, 0.4) is 0 Å². The topological polar surface area (TPSA) is 127 Å². The van der Waals surface area contributed by atoms with Crippen molar-refractivity contribution in [1.82, 2.24) is 0 Å². The number of aromatic hydroxyl groups is 5. The summed E-state index contributed by atoms with van der Waals surface area (Å²) in [6, 6.07) is 8.12. The molecule has 0 saturated heterocycles. The summed E-state index contributed by atoms with van der Waals surface area (Å²) in [7, 11) is 0. The van der Waals surface area contributed by atoms with Crippen molar-refractivity contribution in [3.63, 3.8) is 0 Å². The molecule has 1 aliphatic rings. The summed E-state index contributed by atoms with van der Waals surface area (Å²) >= 11 is 0. The normalized spacial score (nSPS) is 18.5. The van der Waals surface area contributed by atoms with Crippen LogP contribution in [-0.4, -0.2) is 25.5 Å². The molecule has 4 rings (SSSR count). The van der Waals surface area contributed by atoms with Crippen LogP contribution in [0.2, 0.25) is 0 Å². The molecular formula is C21H18O7. The van der Waals surface area contributed by atoms with Crippen molar-refractivity contribution in [2.75, 3.05) is 0 Å². The lowest BCUT2D eigenvalue weighted by Gasteiger charge is -2.33. The minimum absolute atomic E-state index is 0.0706. The number of ether oxygens (including phenoxy) is 1. The van der Waals surface area contributed by atoms with Gasteiger partial charge < -0.3 is 30.3 Å². The van der Waals surface area contributed by atoms with Crippen LogP contribution < -0.4 is 10.2 Å². The van der Waals surface area contributed by atoms with Crippen molar-refractivity contribution in [2.24, 2.45) is 5.92 Å². The first-order valence-electron chi connectivity index (χ1n) is 8.70. The predicted octanol–water partition coefficient (Wildman–Crippen LogP) is 3.04. The van der Waals surface area contributed by atoms with E-state index in [-0.39, 0.29) is 22.8 Å². The largest absolute Gasteiger partial charge is 0.508 e. The molecule has 0 spiro atoms. The highest BCUT2D eigenvalue weighted by molar-refractivity contribution is 5.97. The average molecular weight is 382 g/mol. The van der Waals surface area contributed by atoms with Crippen molar-refractivity contribution < 1.29 is 30.3 Å². The first-order chi connectivity index (χ1) is 13.3. The maximum absolute atomic E-state index is 12.0. The zero-order valence-corrected chi connectivity index (χ0v) is 14.9. The fraction of sp³-hybridized carbons (Fsp3) is 0.190. The standard InChI is InChI=1S/C21H18O7/c1-9-5-13-15(24)6-10(22)7-17(13)28-21(9)12-8-16(25)20(27)18-11(12)3-2-4-14(23)19(18)26/h2-4,6-9,21-22,24-25,27H,5H2,1H3,(H,23,26)/t9-,21+/m1/s1. The van der Waals surface area contributed by atoms with Crippen LogP contribution in [0.5, 0.6) is 34.5 Å². The van der Waals surface area contributed by atoms with E-state index in [1.165, 1.54) is 24.3 Å². The molecule has 0 radical (unpaired) electrons. The van der Waals surface area contributed by atoms with E-state index in [9.17, 15) is 30.3 Å². The first kappa shape index (κ1) is 17.8. The summed E-state index contributed by atoms with van der Waals surface area (Å²) in [5.41, 5.74) is 0.320. The Kier molecular flexibility index (Phi) is 3.96. The van der Waals surface area contributed by atoms with E-state index in [1.807, 2.05) is 6.92 Å². The fourth-order valence-electron chi connectivity index (χ4n) is 3.76. The van der Waals surface area contributed by atoms with Crippen molar-refractivity contribution in [3.05, 3.63) is 57.7 Å². The highest BCUT2D eigenvalue weighted by Gasteiger charge is 2.32. The van der Waals surface area contributed by atoms with Crippen molar-refractivity contribution in [2.45, 2.75) is 19.4 Å². The van der Waals surface area contributed by atoms with E-state index in [1.54, 1.807) is 6.07 Å². The molecule has 0 fully saturated rings. The van der Waals surface area contributed by atoms with E-state index in [0.29, 0.717) is 28.7 Å². The van der Waals surface area contributed by atoms with Crippen molar-refractivity contribution in [3.8, 4) is 34.5 Å². The summed E-state index contributed by atoms with van der Waals surface area (Å²) in [4.78, 5) is 12.0. The van der Waals surface area contributed by atoms with Gasteiger partial charge in [-0.2, -0.15) is 0 Å². The second kappa shape index (κ2) is 6.23. The average Bonchev–Trinajstić information content (AvgIpc) is 2.78. The van der Waals surface area contributed by atoms with Crippen LogP contribution in [0.15, 0.2) is 41.2 Å². The molecule has 28 heavy (non-hydrogen) atoms. The molecule has 1 aliphatic heterocycles. The van der Waals surface area contributed by atoms with Gasteiger partial charge in [-0.1, -0.05) is 19.1 Å². The molecule has 5 N–H and O–H groups in total. The summed E-state index contributed by atoms with van der Waals surface area (Å²) < 4.78 is 6.02. The zero-order chi connectivity index (χ0) is 20.2. The molecule has 0 aliphatic carbocycles.